The molecule has 0 aliphatic carbocycles. The Bertz CT molecular complexity index is 470. The number of rotatable bonds is 4. The zero-order valence-electron chi connectivity index (χ0n) is 8.64. The van der Waals surface area contributed by atoms with Crippen LogP contribution in [0.4, 0.5) is 0 Å². The minimum absolute atomic E-state index is 0.280. The number of thiocyanates is 2. The van der Waals surface area contributed by atoms with Gasteiger partial charge in [-0.2, -0.15) is 10.5 Å². The van der Waals surface area contributed by atoms with Crippen LogP contribution in [0.3, 0.4) is 0 Å². The molecule has 8 heteroatoms. The van der Waals surface area contributed by atoms with Crippen LogP contribution in [-0.4, -0.2) is 0 Å². The summed E-state index contributed by atoms with van der Waals surface area (Å²) >= 11 is 26.4. The van der Waals surface area contributed by atoms with E-state index < -0.39 is 0 Å². The molecule has 94 valence electrons. The summed E-state index contributed by atoms with van der Waals surface area (Å²) in [6.07, 6.45) is 0. The second-order valence-corrected chi connectivity index (χ2v) is 6.00. The zero-order chi connectivity index (χ0) is 13.7. The van der Waals surface area contributed by atoms with E-state index in [4.69, 9.17) is 56.9 Å². The number of nitrogens with zero attached hydrogens (tertiary/aromatic N) is 2. The molecule has 0 aromatic heterocycles. The molecule has 0 unspecified atom stereocenters. The van der Waals surface area contributed by atoms with Crippen LogP contribution in [0.1, 0.15) is 11.1 Å². The maximum absolute atomic E-state index is 8.54. The summed E-state index contributed by atoms with van der Waals surface area (Å²) in [5.41, 5.74) is 1.07. The number of hydrogen-bond acceptors (Lipinski definition) is 4. The maximum atomic E-state index is 8.54. The highest BCUT2D eigenvalue weighted by atomic mass is 35.5. The lowest BCUT2D eigenvalue weighted by Crippen LogP contribution is -1.94. The third kappa shape index (κ3) is 3.54. The first kappa shape index (κ1) is 16.1. The van der Waals surface area contributed by atoms with E-state index in [1.807, 2.05) is 10.8 Å². The molecule has 1 aromatic carbocycles. The van der Waals surface area contributed by atoms with Crippen LogP contribution in [0.2, 0.25) is 20.1 Å². The molecule has 0 saturated carbocycles. The number of thioether (sulfide) groups is 2. The van der Waals surface area contributed by atoms with Gasteiger partial charge in [-0.15, -0.1) is 0 Å². The maximum Gasteiger partial charge on any atom is 0.133 e. The quantitative estimate of drug-likeness (QED) is 0.510. The summed E-state index contributed by atoms with van der Waals surface area (Å²) in [4.78, 5) is 0. The van der Waals surface area contributed by atoms with Crippen molar-refractivity contribution in [3.05, 3.63) is 31.2 Å². The van der Waals surface area contributed by atoms with Crippen LogP contribution in [0.25, 0.3) is 0 Å². The van der Waals surface area contributed by atoms with E-state index in [9.17, 15) is 0 Å². The molecule has 0 saturated heterocycles. The van der Waals surface area contributed by atoms with E-state index in [1.165, 1.54) is 0 Å². The van der Waals surface area contributed by atoms with E-state index >= 15 is 0 Å². The highest BCUT2D eigenvalue weighted by Gasteiger charge is 2.20. The molecular weight excluding hydrogens is 354 g/mol. The highest BCUT2D eigenvalue weighted by molar-refractivity contribution is 8.03. The topological polar surface area (TPSA) is 47.6 Å². The first-order valence-electron chi connectivity index (χ1n) is 4.40. The van der Waals surface area contributed by atoms with Crippen molar-refractivity contribution in [2.75, 3.05) is 0 Å². The predicted octanol–water partition coefficient (Wildman–Crippen LogP) is 5.73. The van der Waals surface area contributed by atoms with Crippen molar-refractivity contribution in [1.82, 2.24) is 0 Å². The number of halogens is 4. The van der Waals surface area contributed by atoms with Gasteiger partial charge >= 0.3 is 0 Å². The van der Waals surface area contributed by atoms with Gasteiger partial charge < -0.3 is 0 Å². The van der Waals surface area contributed by atoms with Gasteiger partial charge in [0.05, 0.1) is 20.1 Å². The summed E-state index contributed by atoms with van der Waals surface area (Å²) in [6.45, 7) is 0. The van der Waals surface area contributed by atoms with Gasteiger partial charge in [0.15, 0.2) is 0 Å². The van der Waals surface area contributed by atoms with Gasteiger partial charge in [0.2, 0.25) is 0 Å². The first-order valence-corrected chi connectivity index (χ1v) is 7.88. The Morgan fingerprint density at radius 2 is 1.00 bits per heavy atom. The molecule has 0 amide bonds. The van der Waals surface area contributed by atoms with Crippen molar-refractivity contribution >= 4 is 69.9 Å². The fourth-order valence-electron chi connectivity index (χ4n) is 1.18. The predicted molar refractivity (Wildman–Crippen MR) is 80.3 cm³/mol. The molecule has 2 nitrogen and oxygen atoms in total. The normalized spacial score (nSPS) is 9.89. The second kappa shape index (κ2) is 7.60. The van der Waals surface area contributed by atoms with Gasteiger partial charge in [-0.05, 0) is 23.5 Å². The molecule has 0 bridgehead atoms. The Morgan fingerprint density at radius 3 is 1.22 bits per heavy atom. The van der Waals surface area contributed by atoms with Gasteiger partial charge in [0, 0.05) is 22.6 Å². The van der Waals surface area contributed by atoms with Crippen LogP contribution in [0, 0.1) is 21.3 Å². The largest absolute Gasteiger partial charge is 0.185 e. The van der Waals surface area contributed by atoms with E-state index in [-0.39, 0.29) is 20.1 Å². The molecule has 18 heavy (non-hydrogen) atoms. The minimum atomic E-state index is 0.280. The SMILES string of the molecule is N#CSCc1c(Cl)c(Cl)c(CSC#N)c(Cl)c1Cl. The summed E-state index contributed by atoms with van der Waals surface area (Å²) < 4.78 is 0. The third-order valence-electron chi connectivity index (χ3n) is 2.01. The average molecular weight is 358 g/mol. The van der Waals surface area contributed by atoms with Gasteiger partial charge in [-0.3, -0.25) is 0 Å². The van der Waals surface area contributed by atoms with E-state index in [0.29, 0.717) is 22.6 Å². The lowest BCUT2D eigenvalue weighted by atomic mass is 10.1. The van der Waals surface area contributed by atoms with Crippen LogP contribution in [-0.2, 0) is 11.5 Å². The van der Waals surface area contributed by atoms with Gasteiger partial charge in [0.1, 0.15) is 10.8 Å². The molecular formula is C10H4Cl4N2S2. The van der Waals surface area contributed by atoms with Crippen molar-refractivity contribution < 1.29 is 0 Å². The summed E-state index contributed by atoms with van der Waals surface area (Å²) in [5.74, 6) is 0.610. The Labute approximate surface area is 133 Å². The van der Waals surface area contributed by atoms with Crippen LogP contribution in [0.5, 0.6) is 0 Å². The second-order valence-electron chi connectivity index (χ2n) is 2.97. The number of nitriles is 2. The molecule has 0 atom stereocenters. The lowest BCUT2D eigenvalue weighted by Gasteiger charge is -2.13. The molecule has 1 aromatic rings. The fourth-order valence-corrected chi connectivity index (χ4v) is 3.70. The van der Waals surface area contributed by atoms with Crippen molar-refractivity contribution in [1.29, 1.82) is 10.5 Å². The zero-order valence-corrected chi connectivity index (χ0v) is 13.3. The Balaban J connectivity index is 3.28. The molecule has 0 aliphatic rings. The fraction of sp³-hybridized carbons (Fsp3) is 0.200. The molecule has 0 radical (unpaired) electrons. The van der Waals surface area contributed by atoms with Crippen LogP contribution < -0.4 is 0 Å². The lowest BCUT2D eigenvalue weighted by molar-refractivity contribution is 1.35. The van der Waals surface area contributed by atoms with Gasteiger partial charge in [-0.1, -0.05) is 46.4 Å². The van der Waals surface area contributed by atoms with E-state index in [1.54, 1.807) is 0 Å². The average Bonchev–Trinajstić information content (AvgIpc) is 2.37. The third-order valence-corrected chi connectivity index (χ3v) is 4.99. The molecule has 0 aliphatic heterocycles. The number of hydrogen-bond donors (Lipinski definition) is 0. The van der Waals surface area contributed by atoms with E-state index in [2.05, 4.69) is 0 Å². The minimum Gasteiger partial charge on any atom is -0.185 e. The Hall–Kier alpha value is 0.0600. The first-order chi connectivity index (χ1) is 8.54. The molecule has 0 fully saturated rings. The van der Waals surface area contributed by atoms with Gasteiger partial charge in [-0.25, -0.2) is 0 Å². The highest BCUT2D eigenvalue weighted by Crippen LogP contribution is 2.43. The molecule has 0 spiro atoms. The number of benzene rings is 1. The molecule has 1 rings (SSSR count). The Kier molecular flexibility index (Phi) is 6.81. The van der Waals surface area contributed by atoms with Crippen molar-refractivity contribution in [3.63, 3.8) is 0 Å². The standard InChI is InChI=1S/C10H4Cl4N2S2/c11-7-5(1-17-3-15)8(12)10(14)6(9(7)13)2-18-4-16/h1-2H2. The van der Waals surface area contributed by atoms with Gasteiger partial charge in [0.25, 0.3) is 0 Å². The Morgan fingerprint density at radius 1 is 0.722 bits per heavy atom. The molecule has 0 N–H and O–H groups in total. The summed E-state index contributed by atoms with van der Waals surface area (Å²) in [5, 5.41) is 22.0. The van der Waals surface area contributed by atoms with Crippen molar-refractivity contribution in [2.24, 2.45) is 0 Å². The monoisotopic (exact) mass is 356 g/mol. The van der Waals surface area contributed by atoms with Crippen molar-refractivity contribution in [3.8, 4) is 10.8 Å². The van der Waals surface area contributed by atoms with Crippen LogP contribution in [0.15, 0.2) is 0 Å². The summed E-state index contributed by atoms with van der Waals surface area (Å²) in [6, 6.07) is 0. The molecule has 0 heterocycles. The van der Waals surface area contributed by atoms with E-state index in [0.717, 1.165) is 23.5 Å². The summed E-state index contributed by atoms with van der Waals surface area (Å²) in [7, 11) is 0. The van der Waals surface area contributed by atoms with Crippen molar-refractivity contribution in [2.45, 2.75) is 11.5 Å². The van der Waals surface area contributed by atoms with Crippen LogP contribution >= 0.6 is 69.9 Å². The smallest absolute Gasteiger partial charge is 0.133 e.